The molecule has 162 valence electrons. The topological polar surface area (TPSA) is 12.0 Å². The largest absolute Gasteiger partial charge is 0.316 e. The van der Waals surface area contributed by atoms with Gasteiger partial charge in [-0.1, -0.05) is 128 Å². The molecule has 0 aliphatic heterocycles. The van der Waals surface area contributed by atoms with Crippen LogP contribution in [0.25, 0.3) is 6.08 Å². The third kappa shape index (κ3) is 24.4. The van der Waals surface area contributed by atoms with Gasteiger partial charge in [0.2, 0.25) is 0 Å². The molecular formula is C27H49N. The average molecular weight is 388 g/mol. The minimum atomic E-state index is 1.01. The molecule has 0 fully saturated rings. The molecule has 1 aromatic rings. The minimum absolute atomic E-state index is 1.01. The van der Waals surface area contributed by atoms with Crippen molar-refractivity contribution < 1.29 is 0 Å². The third-order valence-electron chi connectivity index (χ3n) is 3.44. The average Bonchev–Trinajstić information content (AvgIpc) is 2.73. The molecule has 0 aromatic heterocycles. The van der Waals surface area contributed by atoms with E-state index in [-0.39, 0.29) is 0 Å². The normalized spacial score (nSPS) is 10.9. The van der Waals surface area contributed by atoms with Crippen molar-refractivity contribution in [2.75, 3.05) is 13.6 Å². The van der Waals surface area contributed by atoms with Crippen LogP contribution in [-0.2, 0) is 0 Å². The van der Waals surface area contributed by atoms with Crippen LogP contribution >= 0.6 is 0 Å². The number of benzene rings is 1. The fraction of sp³-hybridized carbons (Fsp3) is 0.556. The summed E-state index contributed by atoms with van der Waals surface area (Å²) in [6.45, 7) is 19.4. The SMILES string of the molecule is C=Cc1cccc(C)c1.CC.CCC.CCCCC.CNCC1=CCCC=C1. The van der Waals surface area contributed by atoms with Crippen LogP contribution < -0.4 is 5.32 Å². The second-order valence-corrected chi connectivity index (χ2v) is 6.47. The fourth-order valence-electron chi connectivity index (χ4n) is 2.15. The van der Waals surface area contributed by atoms with Crippen molar-refractivity contribution in [3.8, 4) is 0 Å². The van der Waals surface area contributed by atoms with E-state index in [0.29, 0.717) is 0 Å². The molecule has 0 heterocycles. The van der Waals surface area contributed by atoms with Gasteiger partial charge >= 0.3 is 0 Å². The van der Waals surface area contributed by atoms with Gasteiger partial charge < -0.3 is 5.32 Å². The first-order valence-electron chi connectivity index (χ1n) is 11.3. The Morgan fingerprint density at radius 2 is 1.64 bits per heavy atom. The van der Waals surface area contributed by atoms with Crippen LogP contribution in [-0.4, -0.2) is 13.6 Å². The second kappa shape index (κ2) is 27.6. The zero-order chi connectivity index (χ0) is 22.0. The molecular weight excluding hydrogens is 338 g/mol. The van der Waals surface area contributed by atoms with Crippen LogP contribution in [0.4, 0.5) is 0 Å². The molecule has 0 bridgehead atoms. The van der Waals surface area contributed by atoms with Gasteiger partial charge in [0.15, 0.2) is 0 Å². The van der Waals surface area contributed by atoms with Crippen molar-refractivity contribution in [2.45, 2.75) is 87.0 Å². The van der Waals surface area contributed by atoms with Gasteiger partial charge in [-0.2, -0.15) is 0 Å². The van der Waals surface area contributed by atoms with Crippen LogP contribution in [0.2, 0.25) is 0 Å². The lowest BCUT2D eigenvalue weighted by atomic mass is 10.1. The van der Waals surface area contributed by atoms with E-state index in [1.807, 2.05) is 39.1 Å². The number of rotatable bonds is 5. The first-order chi connectivity index (χ1) is 13.6. The Morgan fingerprint density at radius 3 is 1.96 bits per heavy atom. The van der Waals surface area contributed by atoms with Gasteiger partial charge in [0.1, 0.15) is 0 Å². The van der Waals surface area contributed by atoms with E-state index in [1.165, 1.54) is 55.2 Å². The molecule has 0 unspecified atom stereocenters. The molecule has 1 N–H and O–H groups in total. The smallest absolute Gasteiger partial charge is 0.0199 e. The van der Waals surface area contributed by atoms with Crippen molar-refractivity contribution in [2.24, 2.45) is 0 Å². The number of likely N-dealkylation sites (N-methyl/N-ethyl adjacent to an activating group) is 1. The summed E-state index contributed by atoms with van der Waals surface area (Å²) in [5.74, 6) is 0. The number of allylic oxidation sites excluding steroid dienone is 2. The van der Waals surface area contributed by atoms with E-state index >= 15 is 0 Å². The fourth-order valence-corrected chi connectivity index (χ4v) is 2.15. The van der Waals surface area contributed by atoms with Crippen LogP contribution in [0.1, 0.15) is 91.2 Å². The van der Waals surface area contributed by atoms with Gasteiger partial charge in [0.25, 0.3) is 0 Å². The molecule has 0 spiro atoms. The molecule has 0 amide bonds. The first-order valence-corrected chi connectivity index (χ1v) is 11.3. The van der Waals surface area contributed by atoms with E-state index in [2.05, 4.69) is 76.9 Å². The van der Waals surface area contributed by atoms with Gasteiger partial charge in [-0.05, 0) is 37.9 Å². The number of hydrogen-bond acceptors (Lipinski definition) is 1. The number of hydrogen-bond donors (Lipinski definition) is 1. The summed E-state index contributed by atoms with van der Waals surface area (Å²) in [6.07, 6.45) is 16.3. The molecule has 1 aromatic carbocycles. The summed E-state index contributed by atoms with van der Waals surface area (Å²) >= 11 is 0. The molecule has 0 radical (unpaired) electrons. The molecule has 0 atom stereocenters. The quantitative estimate of drug-likeness (QED) is 0.532. The van der Waals surface area contributed by atoms with Gasteiger partial charge in [-0.3, -0.25) is 0 Å². The Labute approximate surface area is 178 Å². The Morgan fingerprint density at radius 1 is 1.04 bits per heavy atom. The molecule has 1 aliphatic rings. The zero-order valence-corrected chi connectivity index (χ0v) is 20.3. The summed E-state index contributed by atoms with van der Waals surface area (Å²) in [5, 5.41) is 3.12. The molecule has 0 saturated heterocycles. The predicted octanol–water partition coefficient (Wildman–Crippen LogP) is 8.76. The van der Waals surface area contributed by atoms with E-state index in [0.717, 1.165) is 6.54 Å². The van der Waals surface area contributed by atoms with Crippen molar-refractivity contribution >= 4 is 6.08 Å². The number of aryl methyl sites for hydroxylation is 1. The highest BCUT2D eigenvalue weighted by Gasteiger charge is 1.93. The molecule has 2 rings (SSSR count). The van der Waals surface area contributed by atoms with Crippen molar-refractivity contribution in [3.63, 3.8) is 0 Å². The zero-order valence-electron chi connectivity index (χ0n) is 20.3. The lowest BCUT2D eigenvalue weighted by molar-refractivity contribution is 0.772. The Kier molecular flexibility index (Phi) is 30.7. The second-order valence-electron chi connectivity index (χ2n) is 6.47. The van der Waals surface area contributed by atoms with Crippen LogP contribution in [0.15, 0.2) is 54.6 Å². The highest BCUT2D eigenvalue weighted by molar-refractivity contribution is 5.47. The van der Waals surface area contributed by atoms with Crippen LogP contribution in [0.3, 0.4) is 0 Å². The highest BCUT2D eigenvalue weighted by Crippen LogP contribution is 2.07. The number of unbranched alkanes of at least 4 members (excludes halogenated alkanes) is 2. The lowest BCUT2D eigenvalue weighted by Gasteiger charge is -2.04. The summed E-state index contributed by atoms with van der Waals surface area (Å²) in [6, 6.07) is 8.26. The van der Waals surface area contributed by atoms with E-state index in [9.17, 15) is 0 Å². The monoisotopic (exact) mass is 387 g/mol. The molecule has 1 heteroatoms. The Balaban J connectivity index is -0.000000310. The first kappa shape index (κ1) is 31.1. The molecule has 0 saturated carbocycles. The predicted molar refractivity (Wildman–Crippen MR) is 134 cm³/mol. The van der Waals surface area contributed by atoms with Crippen molar-refractivity contribution in [3.05, 3.63) is 65.8 Å². The van der Waals surface area contributed by atoms with Crippen LogP contribution in [0, 0.1) is 6.92 Å². The Hall–Kier alpha value is -1.60. The van der Waals surface area contributed by atoms with Gasteiger partial charge in [-0.25, -0.2) is 0 Å². The van der Waals surface area contributed by atoms with E-state index < -0.39 is 0 Å². The van der Waals surface area contributed by atoms with Gasteiger partial charge in [0.05, 0.1) is 0 Å². The molecule has 1 nitrogen and oxygen atoms in total. The maximum Gasteiger partial charge on any atom is 0.0199 e. The molecule has 1 aliphatic carbocycles. The highest BCUT2D eigenvalue weighted by atomic mass is 14.8. The Bertz CT molecular complexity index is 481. The summed E-state index contributed by atoms with van der Waals surface area (Å²) in [4.78, 5) is 0. The van der Waals surface area contributed by atoms with Crippen molar-refractivity contribution in [1.29, 1.82) is 0 Å². The molecule has 28 heavy (non-hydrogen) atoms. The maximum atomic E-state index is 3.67. The van der Waals surface area contributed by atoms with E-state index in [1.54, 1.807) is 0 Å². The maximum absolute atomic E-state index is 3.67. The minimum Gasteiger partial charge on any atom is -0.316 e. The summed E-state index contributed by atoms with van der Waals surface area (Å²) in [5.41, 5.74) is 3.89. The summed E-state index contributed by atoms with van der Waals surface area (Å²) in [7, 11) is 1.98. The standard InChI is InChI=1S/C9H10.C8H13N.C5H12.C3H8.C2H6/c1-3-9-6-4-5-8(2)7-9;1-9-7-8-5-3-2-4-6-8;1-3-5-4-2;1-3-2;1-2/h3-7H,1H2,2H3;3,5-6,9H,2,4,7H2,1H3;3-5H2,1-2H3;3H2,1-2H3;1-2H3. The van der Waals surface area contributed by atoms with Crippen molar-refractivity contribution in [1.82, 2.24) is 5.32 Å². The summed E-state index contributed by atoms with van der Waals surface area (Å²) < 4.78 is 0. The van der Waals surface area contributed by atoms with Crippen LogP contribution in [0.5, 0.6) is 0 Å². The van der Waals surface area contributed by atoms with Gasteiger partial charge in [-0.15, -0.1) is 0 Å². The van der Waals surface area contributed by atoms with E-state index in [4.69, 9.17) is 0 Å². The number of nitrogens with one attached hydrogen (secondary N) is 1. The lowest BCUT2D eigenvalue weighted by Crippen LogP contribution is -2.09. The third-order valence-corrected chi connectivity index (χ3v) is 3.44. The van der Waals surface area contributed by atoms with Gasteiger partial charge in [0, 0.05) is 6.54 Å².